The number of aryl methyl sites for hydroxylation is 1. The molecule has 8 heteroatoms. The summed E-state index contributed by atoms with van der Waals surface area (Å²) in [6, 6.07) is 2.63. The van der Waals surface area contributed by atoms with Gasteiger partial charge in [0.15, 0.2) is 4.98 Å². The van der Waals surface area contributed by atoms with Crippen LogP contribution in [0.15, 0.2) is 17.0 Å². The van der Waals surface area contributed by atoms with E-state index in [1.165, 1.54) is 6.07 Å². The van der Waals surface area contributed by atoms with Crippen molar-refractivity contribution in [2.24, 2.45) is 0 Å². The molecule has 1 N–H and O–H groups in total. The van der Waals surface area contributed by atoms with Gasteiger partial charge in [-0.1, -0.05) is 0 Å². The van der Waals surface area contributed by atoms with Crippen LogP contribution >= 0.6 is 22.6 Å². The van der Waals surface area contributed by atoms with Crippen molar-refractivity contribution in [1.29, 1.82) is 5.39 Å². The van der Waals surface area contributed by atoms with E-state index in [1.807, 2.05) is 0 Å². The first-order valence-electron chi connectivity index (χ1n) is 3.49. The Morgan fingerprint density at radius 1 is 1.47 bits per heavy atom. The zero-order valence-corrected chi connectivity index (χ0v) is 11.2. The van der Waals surface area contributed by atoms with Crippen molar-refractivity contribution < 1.29 is 25.4 Å². The van der Waals surface area contributed by atoms with Gasteiger partial charge in [0.2, 0.25) is 5.39 Å². The molecule has 0 spiro atoms. The van der Waals surface area contributed by atoms with E-state index in [2.05, 4.69) is 4.98 Å². The van der Waals surface area contributed by atoms with Crippen molar-refractivity contribution >= 4 is 38.4 Å². The Kier molecular flexibility index (Phi) is 4.92. The number of benzene rings is 1. The molecule has 0 radical (unpaired) electrons. The summed E-state index contributed by atoms with van der Waals surface area (Å²) in [6.07, 6.45) is 0. The molecule has 1 rings (SSSR count). The van der Waals surface area contributed by atoms with Gasteiger partial charge in [-0.05, 0) is 35.6 Å². The van der Waals surface area contributed by atoms with E-state index >= 15 is 0 Å². The first-order chi connectivity index (χ1) is 6.36. The van der Waals surface area contributed by atoms with Crippen LogP contribution in [-0.4, -0.2) is 13.0 Å². The second kappa shape index (κ2) is 5.07. The van der Waals surface area contributed by atoms with Gasteiger partial charge < -0.3 is 12.4 Å². The average Bonchev–Trinajstić information content (AvgIpc) is 2.02. The van der Waals surface area contributed by atoms with Crippen LogP contribution in [0.2, 0.25) is 0 Å². The molecular formula is C7H6ClIN2O3S. The molecule has 1 aromatic rings. The summed E-state index contributed by atoms with van der Waals surface area (Å²) in [5.41, 5.74) is 0.752. The molecule has 0 fully saturated rings. The highest BCUT2D eigenvalue weighted by molar-refractivity contribution is 14.1. The lowest BCUT2D eigenvalue weighted by atomic mass is 10.2. The van der Waals surface area contributed by atoms with Crippen LogP contribution in [0.4, 0.5) is 5.69 Å². The monoisotopic (exact) mass is 360 g/mol. The van der Waals surface area contributed by atoms with Gasteiger partial charge in [-0.2, -0.15) is 8.42 Å². The van der Waals surface area contributed by atoms with Crippen LogP contribution in [0.1, 0.15) is 5.56 Å². The van der Waals surface area contributed by atoms with E-state index in [-0.39, 0.29) is 23.0 Å². The van der Waals surface area contributed by atoms with Gasteiger partial charge in [0.1, 0.15) is 4.90 Å². The third kappa shape index (κ3) is 3.27. The Morgan fingerprint density at radius 2 is 2.00 bits per heavy atom. The number of halogens is 2. The van der Waals surface area contributed by atoms with Crippen LogP contribution in [0.5, 0.6) is 0 Å². The van der Waals surface area contributed by atoms with E-state index < -0.39 is 10.1 Å². The van der Waals surface area contributed by atoms with Gasteiger partial charge >= 0.3 is 5.69 Å². The van der Waals surface area contributed by atoms with E-state index in [9.17, 15) is 8.42 Å². The number of hydrogen-bond acceptors (Lipinski definition) is 3. The van der Waals surface area contributed by atoms with E-state index in [0.29, 0.717) is 9.13 Å². The molecule has 0 heterocycles. The lowest BCUT2D eigenvalue weighted by Gasteiger charge is -1.99. The molecule has 5 nitrogen and oxygen atoms in total. The maximum absolute atomic E-state index is 10.9. The SMILES string of the molecule is Cc1cc(I)c(S(=O)(=O)O)cc1[N+]#N.[Cl-]. The molecular weight excluding hydrogens is 355 g/mol. The first-order valence-corrected chi connectivity index (χ1v) is 6.01. The summed E-state index contributed by atoms with van der Waals surface area (Å²) in [5, 5.41) is 8.55. The fraction of sp³-hybridized carbons (Fsp3) is 0.143. The largest absolute Gasteiger partial charge is 1.00 e. The quantitative estimate of drug-likeness (QED) is 0.409. The number of rotatable bonds is 1. The normalized spacial score (nSPS) is 10.3. The smallest absolute Gasteiger partial charge is 0.389 e. The molecule has 1 aromatic carbocycles. The minimum atomic E-state index is -4.26. The predicted octanol–water partition coefficient (Wildman–Crippen LogP) is -0.665. The van der Waals surface area contributed by atoms with Gasteiger partial charge in [-0.3, -0.25) is 4.55 Å². The Bertz CT molecular complexity index is 524. The van der Waals surface area contributed by atoms with Crippen LogP contribution in [0.25, 0.3) is 4.98 Å². The number of nitrogens with zero attached hydrogens (tertiary/aromatic N) is 2. The second-order valence-electron chi connectivity index (χ2n) is 2.64. The molecule has 0 bridgehead atoms. The Morgan fingerprint density at radius 3 is 2.40 bits per heavy atom. The lowest BCUT2D eigenvalue weighted by Crippen LogP contribution is -3.00. The molecule has 0 amide bonds. The van der Waals surface area contributed by atoms with Crippen molar-refractivity contribution in [3.8, 4) is 0 Å². The fourth-order valence-electron chi connectivity index (χ4n) is 0.948. The highest BCUT2D eigenvalue weighted by atomic mass is 127. The van der Waals surface area contributed by atoms with Crippen LogP contribution in [-0.2, 0) is 10.1 Å². The summed E-state index contributed by atoms with van der Waals surface area (Å²) in [7, 11) is -4.26. The van der Waals surface area contributed by atoms with E-state index in [0.717, 1.165) is 6.07 Å². The van der Waals surface area contributed by atoms with Crippen LogP contribution in [0.3, 0.4) is 0 Å². The zero-order valence-electron chi connectivity index (χ0n) is 7.48. The van der Waals surface area contributed by atoms with Crippen LogP contribution < -0.4 is 12.4 Å². The third-order valence-corrected chi connectivity index (χ3v) is 3.79. The van der Waals surface area contributed by atoms with Crippen LogP contribution in [0, 0.1) is 15.9 Å². The molecule has 0 unspecified atom stereocenters. The zero-order chi connectivity index (χ0) is 10.9. The highest BCUT2D eigenvalue weighted by Gasteiger charge is 2.21. The third-order valence-electron chi connectivity index (χ3n) is 1.64. The topological polar surface area (TPSA) is 82.5 Å². The van der Waals surface area contributed by atoms with E-state index in [4.69, 9.17) is 9.95 Å². The molecule has 0 aliphatic heterocycles. The number of hydrogen-bond donors (Lipinski definition) is 1. The van der Waals surface area contributed by atoms with Gasteiger partial charge in [0.25, 0.3) is 10.1 Å². The van der Waals surface area contributed by atoms with Gasteiger partial charge in [0, 0.05) is 9.13 Å². The predicted molar refractivity (Wildman–Crippen MR) is 58.5 cm³/mol. The average molecular weight is 361 g/mol. The molecule has 0 atom stereocenters. The van der Waals surface area contributed by atoms with Gasteiger partial charge in [0.05, 0.1) is 6.07 Å². The summed E-state index contributed by atoms with van der Waals surface area (Å²) in [6.45, 7) is 1.67. The Hall–Kier alpha value is -0.430. The lowest BCUT2D eigenvalue weighted by molar-refractivity contribution is -0.00000715. The standard InChI is InChI=1S/C7H5IN2O3S.ClH/c1-4-2-5(8)7(14(11,12)13)3-6(4)10-9;/h2-3H,1H3;1H. The summed E-state index contributed by atoms with van der Waals surface area (Å²) in [4.78, 5) is 2.65. The summed E-state index contributed by atoms with van der Waals surface area (Å²) >= 11 is 1.78. The Labute approximate surface area is 107 Å². The van der Waals surface area contributed by atoms with Crippen molar-refractivity contribution in [2.75, 3.05) is 0 Å². The van der Waals surface area contributed by atoms with Gasteiger partial charge in [-0.25, -0.2) is 0 Å². The van der Waals surface area contributed by atoms with Crippen molar-refractivity contribution in [3.05, 3.63) is 26.2 Å². The fourth-order valence-corrected chi connectivity index (χ4v) is 2.97. The highest BCUT2D eigenvalue weighted by Crippen LogP contribution is 2.27. The van der Waals surface area contributed by atoms with E-state index in [1.54, 1.807) is 29.5 Å². The van der Waals surface area contributed by atoms with Crippen molar-refractivity contribution in [3.63, 3.8) is 0 Å². The van der Waals surface area contributed by atoms with Crippen molar-refractivity contribution in [2.45, 2.75) is 11.8 Å². The minimum absolute atomic E-state index is 0. The molecule has 0 aliphatic carbocycles. The first kappa shape index (κ1) is 14.6. The minimum Gasteiger partial charge on any atom is -1.00 e. The Balaban J connectivity index is 0.00000196. The summed E-state index contributed by atoms with van der Waals surface area (Å²) < 4.78 is 30.9. The molecule has 0 aliphatic rings. The maximum Gasteiger partial charge on any atom is 0.389 e. The van der Waals surface area contributed by atoms with Gasteiger partial charge in [-0.15, -0.1) is 0 Å². The molecule has 0 saturated carbocycles. The molecule has 15 heavy (non-hydrogen) atoms. The summed E-state index contributed by atoms with van der Waals surface area (Å²) in [5.74, 6) is 0. The second-order valence-corrected chi connectivity index (χ2v) is 5.20. The molecule has 82 valence electrons. The molecule has 0 aromatic heterocycles. The number of diazo groups is 1. The molecule has 0 saturated heterocycles. The maximum atomic E-state index is 10.9. The van der Waals surface area contributed by atoms with Crippen molar-refractivity contribution in [1.82, 2.24) is 0 Å².